The molecule has 8 heteroatoms. The van der Waals surface area contributed by atoms with Crippen LogP contribution in [-0.2, 0) is 11.2 Å². The van der Waals surface area contributed by atoms with Crippen LogP contribution in [0.5, 0.6) is 0 Å². The third-order valence-electron chi connectivity index (χ3n) is 4.10. The summed E-state index contributed by atoms with van der Waals surface area (Å²) in [6.07, 6.45) is 2.07. The van der Waals surface area contributed by atoms with Crippen molar-refractivity contribution in [2.24, 2.45) is 0 Å². The van der Waals surface area contributed by atoms with Crippen molar-refractivity contribution in [3.05, 3.63) is 46.8 Å². The minimum absolute atomic E-state index is 0.0433. The average molecular weight is 369 g/mol. The van der Waals surface area contributed by atoms with Gasteiger partial charge in [-0.05, 0) is 39.2 Å². The zero-order valence-corrected chi connectivity index (χ0v) is 15.8. The highest BCUT2D eigenvalue weighted by atomic mass is 32.2. The maximum absolute atomic E-state index is 12.5. The van der Waals surface area contributed by atoms with E-state index in [4.69, 9.17) is 0 Å². The minimum atomic E-state index is -0.178. The Morgan fingerprint density at radius 3 is 2.69 bits per heavy atom. The summed E-state index contributed by atoms with van der Waals surface area (Å²) >= 11 is 1.44. The number of amides is 1. The van der Waals surface area contributed by atoms with Gasteiger partial charge in [0.1, 0.15) is 0 Å². The Hall–Kier alpha value is -2.74. The number of carbonyl (C=O) groups excluding carboxylic acids is 2. The molecule has 1 N–H and O–H groups in total. The fourth-order valence-electron chi connectivity index (χ4n) is 2.71. The Morgan fingerprint density at radius 2 is 2.00 bits per heavy atom. The van der Waals surface area contributed by atoms with Gasteiger partial charge in [-0.15, -0.1) is 5.10 Å². The van der Waals surface area contributed by atoms with Crippen LogP contribution < -0.4 is 5.32 Å². The molecule has 0 atom stereocenters. The molecule has 26 heavy (non-hydrogen) atoms. The van der Waals surface area contributed by atoms with Crippen LogP contribution in [0.2, 0.25) is 0 Å². The number of fused-ring (bicyclic) bond motifs is 1. The molecule has 1 aromatic carbocycles. The first kappa shape index (κ1) is 18.1. The van der Waals surface area contributed by atoms with E-state index in [1.54, 1.807) is 28.8 Å². The molecule has 0 aliphatic heterocycles. The lowest BCUT2D eigenvalue weighted by atomic mass is 10.1. The number of aromatic nitrogens is 4. The van der Waals surface area contributed by atoms with Crippen molar-refractivity contribution in [1.82, 2.24) is 19.6 Å². The molecule has 134 valence electrons. The highest BCUT2D eigenvalue weighted by molar-refractivity contribution is 7.98. The number of thioether (sulfide) groups is 1. The second kappa shape index (κ2) is 7.25. The van der Waals surface area contributed by atoms with Gasteiger partial charge in [0.05, 0.1) is 6.42 Å². The zero-order chi connectivity index (χ0) is 18.8. The van der Waals surface area contributed by atoms with E-state index in [0.29, 0.717) is 22.2 Å². The third-order valence-corrected chi connectivity index (χ3v) is 4.64. The van der Waals surface area contributed by atoms with Gasteiger partial charge in [0.2, 0.25) is 11.1 Å². The Kier molecular flexibility index (Phi) is 5.03. The van der Waals surface area contributed by atoms with E-state index < -0.39 is 0 Å². The van der Waals surface area contributed by atoms with Crippen LogP contribution in [0, 0.1) is 13.8 Å². The van der Waals surface area contributed by atoms with Gasteiger partial charge >= 0.3 is 0 Å². The number of Topliss-reactive ketones (excluding diaryl/α,β-unsaturated/α-hetero) is 1. The van der Waals surface area contributed by atoms with Gasteiger partial charge in [-0.1, -0.05) is 23.9 Å². The van der Waals surface area contributed by atoms with Gasteiger partial charge in [0, 0.05) is 28.2 Å². The molecule has 0 radical (unpaired) electrons. The summed E-state index contributed by atoms with van der Waals surface area (Å²) in [7, 11) is 0. The summed E-state index contributed by atoms with van der Waals surface area (Å²) in [4.78, 5) is 32.8. The highest BCUT2D eigenvalue weighted by Gasteiger charge is 2.16. The Bertz CT molecular complexity index is 1010. The van der Waals surface area contributed by atoms with Crippen LogP contribution in [0.25, 0.3) is 5.78 Å². The topological polar surface area (TPSA) is 89.2 Å². The molecule has 3 aromatic rings. The molecule has 0 saturated heterocycles. The first-order valence-electron chi connectivity index (χ1n) is 8.06. The molecule has 0 saturated carbocycles. The van der Waals surface area contributed by atoms with Crippen molar-refractivity contribution >= 4 is 34.9 Å². The third kappa shape index (κ3) is 3.60. The van der Waals surface area contributed by atoms with E-state index in [2.05, 4.69) is 20.4 Å². The lowest BCUT2D eigenvalue weighted by Crippen LogP contribution is -2.18. The number of benzene rings is 1. The first-order chi connectivity index (χ1) is 12.4. The predicted molar refractivity (Wildman–Crippen MR) is 101 cm³/mol. The Balaban J connectivity index is 1.85. The second-order valence-electron chi connectivity index (χ2n) is 5.93. The fraction of sp³-hybridized carbons (Fsp3) is 0.278. The van der Waals surface area contributed by atoms with Crippen molar-refractivity contribution in [3.8, 4) is 0 Å². The van der Waals surface area contributed by atoms with E-state index in [1.807, 2.05) is 20.1 Å². The average Bonchev–Trinajstić information content (AvgIpc) is 3.02. The van der Waals surface area contributed by atoms with Gasteiger partial charge in [-0.3, -0.25) is 9.59 Å². The lowest BCUT2D eigenvalue weighted by molar-refractivity contribution is -0.115. The SMILES string of the molecule is CSc1nc2nc(C)c(CC(=O)Nc3cccc(C(C)=O)c3)c(C)n2n1. The largest absolute Gasteiger partial charge is 0.326 e. The van der Waals surface area contributed by atoms with Gasteiger partial charge in [0.25, 0.3) is 5.78 Å². The van der Waals surface area contributed by atoms with E-state index >= 15 is 0 Å². The molecule has 1 amide bonds. The summed E-state index contributed by atoms with van der Waals surface area (Å²) in [5, 5.41) is 7.87. The highest BCUT2D eigenvalue weighted by Crippen LogP contribution is 2.18. The zero-order valence-electron chi connectivity index (χ0n) is 15.0. The second-order valence-corrected chi connectivity index (χ2v) is 6.71. The molecule has 2 heterocycles. The number of rotatable bonds is 5. The molecule has 0 unspecified atom stereocenters. The predicted octanol–water partition coefficient (Wildman–Crippen LogP) is 2.85. The van der Waals surface area contributed by atoms with Crippen LogP contribution >= 0.6 is 11.8 Å². The number of carbonyl (C=O) groups is 2. The number of hydrogen-bond donors (Lipinski definition) is 1. The molecule has 3 rings (SSSR count). The number of anilines is 1. The van der Waals surface area contributed by atoms with Crippen LogP contribution in [0.4, 0.5) is 5.69 Å². The van der Waals surface area contributed by atoms with Crippen LogP contribution in [-0.4, -0.2) is 37.5 Å². The monoisotopic (exact) mass is 369 g/mol. The molecule has 2 aromatic heterocycles. The Morgan fingerprint density at radius 1 is 1.23 bits per heavy atom. The number of ketones is 1. The summed E-state index contributed by atoms with van der Waals surface area (Å²) in [6, 6.07) is 6.89. The first-order valence-corrected chi connectivity index (χ1v) is 9.29. The molecule has 7 nitrogen and oxygen atoms in total. The molecule has 0 bridgehead atoms. The molecule has 0 spiro atoms. The normalized spacial score (nSPS) is 10.9. The van der Waals surface area contributed by atoms with Gasteiger partial charge in [0.15, 0.2) is 5.78 Å². The van der Waals surface area contributed by atoms with E-state index in [0.717, 1.165) is 17.0 Å². The van der Waals surface area contributed by atoms with Crippen molar-refractivity contribution in [2.45, 2.75) is 32.3 Å². The van der Waals surface area contributed by atoms with Crippen LogP contribution in [0.15, 0.2) is 29.4 Å². The molecular formula is C18H19N5O2S. The number of aryl methyl sites for hydroxylation is 2. The molecule has 0 fully saturated rings. The quantitative estimate of drug-likeness (QED) is 0.549. The minimum Gasteiger partial charge on any atom is -0.326 e. The van der Waals surface area contributed by atoms with E-state index in [-0.39, 0.29) is 18.1 Å². The number of nitrogens with one attached hydrogen (secondary N) is 1. The lowest BCUT2D eigenvalue weighted by Gasteiger charge is -2.11. The smallest absolute Gasteiger partial charge is 0.253 e. The summed E-state index contributed by atoms with van der Waals surface area (Å²) in [6.45, 7) is 5.26. The molecular weight excluding hydrogens is 350 g/mol. The van der Waals surface area contributed by atoms with Gasteiger partial charge in [-0.2, -0.15) is 4.98 Å². The fourth-order valence-corrected chi connectivity index (χ4v) is 3.05. The van der Waals surface area contributed by atoms with Crippen LogP contribution in [0.1, 0.15) is 34.2 Å². The number of nitrogens with zero attached hydrogens (tertiary/aromatic N) is 4. The summed E-state index contributed by atoms with van der Waals surface area (Å²) in [5.41, 5.74) is 3.56. The van der Waals surface area contributed by atoms with Crippen molar-refractivity contribution in [1.29, 1.82) is 0 Å². The van der Waals surface area contributed by atoms with Gasteiger partial charge in [-0.25, -0.2) is 9.50 Å². The maximum atomic E-state index is 12.5. The van der Waals surface area contributed by atoms with Crippen molar-refractivity contribution in [3.63, 3.8) is 0 Å². The summed E-state index contributed by atoms with van der Waals surface area (Å²) < 4.78 is 1.66. The molecule has 0 aliphatic rings. The van der Waals surface area contributed by atoms with Crippen molar-refractivity contribution in [2.75, 3.05) is 11.6 Å². The molecule has 0 aliphatic carbocycles. The van der Waals surface area contributed by atoms with E-state index in [9.17, 15) is 9.59 Å². The Labute approximate surface area is 155 Å². The van der Waals surface area contributed by atoms with Crippen LogP contribution in [0.3, 0.4) is 0 Å². The van der Waals surface area contributed by atoms with Crippen molar-refractivity contribution < 1.29 is 9.59 Å². The maximum Gasteiger partial charge on any atom is 0.253 e. The van der Waals surface area contributed by atoms with E-state index in [1.165, 1.54) is 18.7 Å². The number of hydrogen-bond acceptors (Lipinski definition) is 6. The van der Waals surface area contributed by atoms with Gasteiger partial charge < -0.3 is 5.32 Å². The standard InChI is InChI=1S/C18H19N5O2S/c1-10-15(11(2)23-17(19-10)21-18(22-23)26-4)9-16(25)20-14-7-5-6-13(8-14)12(3)24/h5-8H,9H2,1-4H3,(H,20,25). The summed E-state index contributed by atoms with van der Waals surface area (Å²) in [5.74, 6) is 0.309.